The van der Waals surface area contributed by atoms with Crippen LogP contribution in [0.15, 0.2) is 24.3 Å². The zero-order valence-electron chi connectivity index (χ0n) is 15.8. The molecule has 0 aromatic heterocycles. The molecule has 0 saturated heterocycles. The maximum Gasteiger partial charge on any atom is 0.414 e. The van der Waals surface area contributed by atoms with Gasteiger partial charge in [0.15, 0.2) is 0 Å². The predicted octanol–water partition coefficient (Wildman–Crippen LogP) is 3.69. The van der Waals surface area contributed by atoms with Gasteiger partial charge in [-0.15, -0.1) is 0 Å². The van der Waals surface area contributed by atoms with Gasteiger partial charge in [0.2, 0.25) is 0 Å². The Bertz CT molecular complexity index is 523. The van der Waals surface area contributed by atoms with Crippen LogP contribution in [0.2, 0.25) is 0 Å². The maximum absolute atomic E-state index is 9.10. The van der Waals surface area contributed by atoms with Crippen LogP contribution in [0.25, 0.3) is 0 Å². The fourth-order valence-corrected chi connectivity index (χ4v) is 2.95. The van der Waals surface area contributed by atoms with Crippen LogP contribution >= 0.6 is 0 Å². The van der Waals surface area contributed by atoms with Crippen molar-refractivity contribution in [1.29, 1.82) is 0 Å². The number of hydrogen-bond donors (Lipinski definition) is 4. The first kappa shape index (κ1) is 22.0. The third-order valence-electron chi connectivity index (χ3n) is 4.50. The zero-order chi connectivity index (χ0) is 19.4. The minimum atomic E-state index is -1.82. The van der Waals surface area contributed by atoms with Crippen LogP contribution in [0.5, 0.6) is 0 Å². The molecule has 0 atom stereocenters. The van der Waals surface area contributed by atoms with Crippen LogP contribution in [-0.4, -0.2) is 41.3 Å². The van der Waals surface area contributed by atoms with Crippen molar-refractivity contribution in [3.05, 3.63) is 29.8 Å². The quantitative estimate of drug-likeness (QED) is 0.349. The molecule has 1 fully saturated rings. The van der Waals surface area contributed by atoms with E-state index in [-0.39, 0.29) is 0 Å². The third-order valence-corrected chi connectivity index (χ3v) is 4.50. The second-order valence-electron chi connectivity index (χ2n) is 6.96. The topological polar surface area (TPSA) is 98.7 Å². The fourth-order valence-electron chi connectivity index (χ4n) is 2.95. The van der Waals surface area contributed by atoms with Crippen molar-refractivity contribution in [2.75, 3.05) is 18.4 Å². The second-order valence-corrected chi connectivity index (χ2v) is 6.96. The molecule has 2 rings (SSSR count). The van der Waals surface area contributed by atoms with Gasteiger partial charge in [-0.3, -0.25) is 0 Å². The second kappa shape index (κ2) is 12.3. The van der Waals surface area contributed by atoms with E-state index in [1.807, 2.05) is 0 Å². The lowest BCUT2D eigenvalue weighted by molar-refractivity contribution is -0.159. The van der Waals surface area contributed by atoms with E-state index in [4.69, 9.17) is 19.8 Å². The average Bonchev–Trinajstić information content (AvgIpc) is 2.88. The van der Waals surface area contributed by atoms with E-state index >= 15 is 0 Å². The summed E-state index contributed by atoms with van der Waals surface area (Å²) in [6.45, 7) is 6.55. The Morgan fingerprint density at radius 3 is 1.96 bits per heavy atom. The predicted molar refractivity (Wildman–Crippen MR) is 104 cm³/mol. The smallest absolute Gasteiger partial charge is 0.414 e. The van der Waals surface area contributed by atoms with Crippen molar-refractivity contribution in [1.82, 2.24) is 5.32 Å². The molecule has 6 heteroatoms. The molecule has 0 heterocycles. The SMILES string of the molecule is CC(C)c1ccc(NCCNC2CCCCCC2)cc1.O=C(O)C(=O)O. The standard InChI is InChI=1S/C18H30N2.C2H2O4/c1-15(2)16-9-11-18(12-10-16)20-14-13-19-17-7-5-3-4-6-8-17;3-1(4)2(5)6/h9-12,15,17,19-20H,3-8,13-14H2,1-2H3;(H,3,4)(H,5,6). The molecule has 1 aliphatic rings. The summed E-state index contributed by atoms with van der Waals surface area (Å²) in [5, 5.41) is 22.0. The van der Waals surface area contributed by atoms with Crippen molar-refractivity contribution in [2.45, 2.75) is 64.3 Å². The summed E-state index contributed by atoms with van der Waals surface area (Å²) in [5.41, 5.74) is 2.64. The molecule has 0 aliphatic heterocycles. The largest absolute Gasteiger partial charge is 0.473 e. The summed E-state index contributed by atoms with van der Waals surface area (Å²) in [4.78, 5) is 18.2. The number of carbonyl (C=O) groups is 2. The Morgan fingerprint density at radius 2 is 1.50 bits per heavy atom. The Hall–Kier alpha value is -2.08. The van der Waals surface area contributed by atoms with E-state index in [0.717, 1.165) is 19.1 Å². The van der Waals surface area contributed by atoms with Crippen LogP contribution in [-0.2, 0) is 9.59 Å². The molecule has 146 valence electrons. The van der Waals surface area contributed by atoms with Crippen molar-refractivity contribution in [3.63, 3.8) is 0 Å². The highest BCUT2D eigenvalue weighted by Gasteiger charge is 2.10. The molecular weight excluding hydrogens is 332 g/mol. The van der Waals surface area contributed by atoms with Crippen LogP contribution in [0.3, 0.4) is 0 Å². The number of carboxylic acid groups (broad SMARTS) is 2. The molecule has 0 amide bonds. The minimum absolute atomic E-state index is 0.612. The highest BCUT2D eigenvalue weighted by molar-refractivity contribution is 6.27. The first-order valence-corrected chi connectivity index (χ1v) is 9.43. The van der Waals surface area contributed by atoms with Crippen LogP contribution in [0, 0.1) is 0 Å². The summed E-state index contributed by atoms with van der Waals surface area (Å²) < 4.78 is 0. The molecule has 1 aromatic carbocycles. The minimum Gasteiger partial charge on any atom is -0.473 e. The summed E-state index contributed by atoms with van der Waals surface area (Å²) in [6.07, 6.45) is 8.40. The van der Waals surface area contributed by atoms with Gasteiger partial charge >= 0.3 is 11.9 Å². The van der Waals surface area contributed by atoms with Gasteiger partial charge in [-0.05, 0) is 36.5 Å². The van der Waals surface area contributed by atoms with Crippen molar-refractivity contribution < 1.29 is 19.8 Å². The number of carboxylic acids is 2. The fraction of sp³-hybridized carbons (Fsp3) is 0.600. The molecule has 6 nitrogen and oxygen atoms in total. The monoisotopic (exact) mass is 364 g/mol. The van der Waals surface area contributed by atoms with E-state index in [1.54, 1.807) is 0 Å². The van der Waals surface area contributed by atoms with Crippen molar-refractivity contribution in [2.24, 2.45) is 0 Å². The van der Waals surface area contributed by atoms with Gasteiger partial charge in [-0.1, -0.05) is 51.7 Å². The Labute approximate surface area is 156 Å². The summed E-state index contributed by atoms with van der Waals surface area (Å²) in [6, 6.07) is 9.60. The van der Waals surface area contributed by atoms with Gasteiger partial charge < -0.3 is 20.8 Å². The highest BCUT2D eigenvalue weighted by Crippen LogP contribution is 2.18. The number of hydrogen-bond acceptors (Lipinski definition) is 4. The van der Waals surface area contributed by atoms with E-state index in [1.165, 1.54) is 49.8 Å². The zero-order valence-corrected chi connectivity index (χ0v) is 15.8. The number of anilines is 1. The summed E-state index contributed by atoms with van der Waals surface area (Å²) >= 11 is 0. The Balaban J connectivity index is 0.000000487. The molecule has 0 bridgehead atoms. The molecule has 0 radical (unpaired) electrons. The molecule has 26 heavy (non-hydrogen) atoms. The maximum atomic E-state index is 9.10. The lowest BCUT2D eigenvalue weighted by Crippen LogP contribution is -2.32. The van der Waals surface area contributed by atoms with Gasteiger partial charge in [-0.25, -0.2) is 9.59 Å². The third kappa shape index (κ3) is 9.42. The normalized spacial score (nSPS) is 14.9. The van der Waals surface area contributed by atoms with E-state index < -0.39 is 11.9 Å². The first-order chi connectivity index (χ1) is 12.4. The van der Waals surface area contributed by atoms with Crippen molar-refractivity contribution in [3.8, 4) is 0 Å². The van der Waals surface area contributed by atoms with Crippen LogP contribution in [0.4, 0.5) is 5.69 Å². The van der Waals surface area contributed by atoms with Gasteiger partial charge in [0, 0.05) is 24.8 Å². The lowest BCUT2D eigenvalue weighted by atomic mass is 10.0. The lowest BCUT2D eigenvalue weighted by Gasteiger charge is -2.16. The molecule has 1 saturated carbocycles. The first-order valence-electron chi connectivity index (χ1n) is 9.43. The Morgan fingerprint density at radius 1 is 0.962 bits per heavy atom. The van der Waals surface area contributed by atoms with Crippen molar-refractivity contribution >= 4 is 17.6 Å². The van der Waals surface area contributed by atoms with Gasteiger partial charge in [-0.2, -0.15) is 0 Å². The average molecular weight is 364 g/mol. The summed E-state index contributed by atoms with van der Waals surface area (Å²) in [5.74, 6) is -3.04. The van der Waals surface area contributed by atoms with Gasteiger partial charge in [0.1, 0.15) is 0 Å². The molecule has 0 unspecified atom stereocenters. The molecule has 0 spiro atoms. The Kier molecular flexibility index (Phi) is 10.4. The number of aliphatic carboxylic acids is 2. The van der Waals surface area contributed by atoms with E-state index in [9.17, 15) is 0 Å². The van der Waals surface area contributed by atoms with Crippen LogP contribution < -0.4 is 10.6 Å². The van der Waals surface area contributed by atoms with E-state index in [2.05, 4.69) is 48.7 Å². The van der Waals surface area contributed by atoms with Crippen LogP contribution in [0.1, 0.15) is 63.9 Å². The van der Waals surface area contributed by atoms with Gasteiger partial charge in [0.05, 0.1) is 0 Å². The van der Waals surface area contributed by atoms with Gasteiger partial charge in [0.25, 0.3) is 0 Å². The molecule has 1 aliphatic carbocycles. The number of rotatable bonds is 6. The summed E-state index contributed by atoms with van der Waals surface area (Å²) in [7, 11) is 0. The highest BCUT2D eigenvalue weighted by atomic mass is 16.4. The van der Waals surface area contributed by atoms with E-state index in [0.29, 0.717) is 5.92 Å². The molecule has 1 aromatic rings. The molecular formula is C20H32N2O4. The molecule has 4 N–H and O–H groups in total. The number of nitrogens with one attached hydrogen (secondary N) is 2. The number of benzene rings is 1.